The maximum Gasteiger partial charge on any atom is 0.243 e. The minimum Gasteiger partial charge on any atom is -0.383 e. The Kier molecular flexibility index (Phi) is 5.89. The highest BCUT2D eigenvalue weighted by Crippen LogP contribution is 2.35. The Hall–Kier alpha value is -2.29. The van der Waals surface area contributed by atoms with E-state index in [1.807, 2.05) is 40.0 Å². The van der Waals surface area contributed by atoms with E-state index in [4.69, 9.17) is 9.72 Å². The third-order valence-electron chi connectivity index (χ3n) is 6.51. The monoisotopic (exact) mass is 442 g/mol. The lowest BCUT2D eigenvalue weighted by atomic mass is 10.0. The van der Waals surface area contributed by atoms with E-state index in [2.05, 4.69) is 15.6 Å². The van der Waals surface area contributed by atoms with Gasteiger partial charge in [0.05, 0.1) is 28.7 Å². The highest BCUT2D eigenvalue weighted by Gasteiger charge is 2.37. The molecule has 1 aliphatic rings. The van der Waals surface area contributed by atoms with Crippen LogP contribution in [0.4, 0.5) is 0 Å². The second-order valence-corrected chi connectivity index (χ2v) is 10.3. The quantitative estimate of drug-likeness (QED) is 0.584. The highest BCUT2D eigenvalue weighted by atomic mass is 32.2. The summed E-state index contributed by atoms with van der Waals surface area (Å²) in [6, 6.07) is 3.95. The summed E-state index contributed by atoms with van der Waals surface area (Å²) in [5.41, 5.74) is 5.52. The van der Waals surface area contributed by atoms with Crippen LogP contribution in [0.2, 0.25) is 0 Å². The number of imidazole rings is 1. The summed E-state index contributed by atoms with van der Waals surface area (Å²) < 4.78 is 36.4. The van der Waals surface area contributed by atoms with Gasteiger partial charge in [-0.05, 0) is 62.4 Å². The molecule has 0 N–H and O–H groups in total. The Bertz CT molecular complexity index is 1210. The van der Waals surface area contributed by atoms with Crippen molar-refractivity contribution < 1.29 is 13.2 Å². The van der Waals surface area contributed by atoms with E-state index in [0.29, 0.717) is 31.1 Å². The molecule has 0 radical (unpaired) electrons. The second kappa shape index (κ2) is 8.33. The molecule has 1 aromatic carbocycles. The normalized spacial score (nSPS) is 17.6. The third kappa shape index (κ3) is 3.77. The first-order valence-corrected chi connectivity index (χ1v) is 12.1. The number of hydrogen-bond acceptors (Lipinski definition) is 5. The van der Waals surface area contributed by atoms with Gasteiger partial charge in [0.1, 0.15) is 5.82 Å². The van der Waals surface area contributed by atoms with E-state index >= 15 is 0 Å². The van der Waals surface area contributed by atoms with Crippen molar-refractivity contribution >= 4 is 21.1 Å². The fourth-order valence-corrected chi connectivity index (χ4v) is 6.65. The van der Waals surface area contributed by atoms with Crippen LogP contribution in [0.25, 0.3) is 11.0 Å². The number of fused-ring (bicyclic) bond motifs is 1. The van der Waals surface area contributed by atoms with E-state index in [1.54, 1.807) is 17.6 Å². The molecular formula is C23H30N4O3S. The minimum atomic E-state index is -3.59. The Morgan fingerprint density at radius 3 is 2.55 bits per heavy atom. The standard InChI is InChI=1S/C23H30N4O3S/c1-15-12-16(2)18(4)22(17(15)3)31(28,29)26-9-7-19(14-26)23-25-20-6-8-24-13-21(20)27(23)10-11-30-5/h6,8,12-13,19H,7,9-11,14H2,1-5H3/t19-/m1/s1. The zero-order valence-electron chi connectivity index (χ0n) is 18.8. The van der Waals surface area contributed by atoms with Crippen molar-refractivity contribution in [2.45, 2.75) is 51.5 Å². The van der Waals surface area contributed by atoms with Crippen molar-refractivity contribution in [3.05, 3.63) is 52.6 Å². The zero-order valence-corrected chi connectivity index (χ0v) is 19.7. The molecule has 1 atom stereocenters. The largest absolute Gasteiger partial charge is 0.383 e. The fraction of sp³-hybridized carbons (Fsp3) is 0.478. The van der Waals surface area contributed by atoms with E-state index in [-0.39, 0.29) is 5.92 Å². The molecule has 7 nitrogen and oxygen atoms in total. The predicted octanol–water partition coefficient (Wildman–Crippen LogP) is 3.49. The van der Waals surface area contributed by atoms with Crippen LogP contribution in [0.15, 0.2) is 29.4 Å². The number of nitrogens with zero attached hydrogens (tertiary/aromatic N) is 4. The van der Waals surface area contributed by atoms with Crippen molar-refractivity contribution in [2.24, 2.45) is 0 Å². The number of benzene rings is 1. The van der Waals surface area contributed by atoms with Crippen LogP contribution in [0.5, 0.6) is 0 Å². The highest BCUT2D eigenvalue weighted by molar-refractivity contribution is 7.89. The van der Waals surface area contributed by atoms with E-state index in [0.717, 1.165) is 45.5 Å². The van der Waals surface area contributed by atoms with Crippen molar-refractivity contribution in [1.82, 2.24) is 18.8 Å². The molecule has 0 unspecified atom stereocenters. The summed E-state index contributed by atoms with van der Waals surface area (Å²) in [6.07, 6.45) is 4.29. The van der Waals surface area contributed by atoms with Crippen LogP contribution in [-0.2, 0) is 21.3 Å². The molecule has 8 heteroatoms. The molecule has 1 saturated heterocycles. The Morgan fingerprint density at radius 2 is 1.87 bits per heavy atom. The molecule has 2 aromatic heterocycles. The van der Waals surface area contributed by atoms with Crippen LogP contribution in [-0.4, -0.2) is 54.1 Å². The maximum absolute atomic E-state index is 13.7. The second-order valence-electron chi connectivity index (χ2n) is 8.42. The van der Waals surface area contributed by atoms with Crippen LogP contribution in [0.1, 0.15) is 40.4 Å². The molecule has 3 heterocycles. The summed E-state index contributed by atoms with van der Waals surface area (Å²) in [5, 5.41) is 0. The van der Waals surface area contributed by atoms with E-state index in [9.17, 15) is 8.42 Å². The first kappa shape index (κ1) is 21.9. The number of pyridine rings is 1. The predicted molar refractivity (Wildman–Crippen MR) is 121 cm³/mol. The van der Waals surface area contributed by atoms with Gasteiger partial charge in [0, 0.05) is 38.9 Å². The van der Waals surface area contributed by atoms with Gasteiger partial charge in [-0.25, -0.2) is 13.4 Å². The lowest BCUT2D eigenvalue weighted by molar-refractivity contribution is 0.187. The van der Waals surface area contributed by atoms with Gasteiger partial charge in [0.2, 0.25) is 10.0 Å². The van der Waals surface area contributed by atoms with Crippen LogP contribution < -0.4 is 0 Å². The summed E-state index contributed by atoms with van der Waals surface area (Å²) in [4.78, 5) is 9.55. The van der Waals surface area contributed by atoms with E-state index in [1.165, 1.54) is 0 Å². The molecule has 0 saturated carbocycles. The average molecular weight is 443 g/mol. The molecule has 0 spiro atoms. The summed E-state index contributed by atoms with van der Waals surface area (Å²) in [6.45, 7) is 9.89. The number of methoxy groups -OCH3 is 1. The molecular weight excluding hydrogens is 412 g/mol. The van der Waals surface area contributed by atoms with Gasteiger partial charge in [-0.2, -0.15) is 4.31 Å². The van der Waals surface area contributed by atoms with Gasteiger partial charge in [0.25, 0.3) is 0 Å². The first-order valence-electron chi connectivity index (χ1n) is 10.6. The summed E-state index contributed by atoms with van der Waals surface area (Å²) in [5.74, 6) is 0.942. The molecule has 0 aliphatic carbocycles. The summed E-state index contributed by atoms with van der Waals surface area (Å²) >= 11 is 0. The smallest absolute Gasteiger partial charge is 0.243 e. The number of rotatable bonds is 6. The third-order valence-corrected chi connectivity index (χ3v) is 8.65. The minimum absolute atomic E-state index is 0.0329. The fourth-order valence-electron chi connectivity index (χ4n) is 4.57. The Morgan fingerprint density at radius 1 is 1.16 bits per heavy atom. The number of aryl methyl sites for hydroxylation is 2. The van der Waals surface area contributed by atoms with Crippen molar-refractivity contribution in [1.29, 1.82) is 0 Å². The summed E-state index contributed by atoms with van der Waals surface area (Å²) in [7, 11) is -1.91. The lowest BCUT2D eigenvalue weighted by Gasteiger charge is -2.22. The first-order chi connectivity index (χ1) is 14.8. The molecule has 0 amide bonds. The van der Waals surface area contributed by atoms with Gasteiger partial charge >= 0.3 is 0 Å². The van der Waals surface area contributed by atoms with Crippen molar-refractivity contribution in [2.75, 3.05) is 26.8 Å². The SMILES string of the molecule is COCCn1c([C@@H]2CCN(S(=O)(=O)c3c(C)c(C)cc(C)c3C)C2)nc2ccncc21. The van der Waals surface area contributed by atoms with E-state index < -0.39 is 10.0 Å². The van der Waals surface area contributed by atoms with Gasteiger partial charge < -0.3 is 9.30 Å². The Labute approximate surface area is 184 Å². The van der Waals surface area contributed by atoms with Crippen LogP contribution in [0.3, 0.4) is 0 Å². The van der Waals surface area contributed by atoms with Gasteiger partial charge in [-0.15, -0.1) is 0 Å². The van der Waals surface area contributed by atoms with Gasteiger partial charge in [-0.1, -0.05) is 6.07 Å². The Balaban J connectivity index is 1.69. The van der Waals surface area contributed by atoms with Gasteiger partial charge in [-0.3, -0.25) is 4.98 Å². The molecule has 3 aromatic rings. The van der Waals surface area contributed by atoms with Crippen LogP contribution >= 0.6 is 0 Å². The van der Waals surface area contributed by atoms with Crippen molar-refractivity contribution in [3.63, 3.8) is 0 Å². The molecule has 1 fully saturated rings. The van der Waals surface area contributed by atoms with Crippen LogP contribution in [0, 0.1) is 27.7 Å². The molecule has 0 bridgehead atoms. The van der Waals surface area contributed by atoms with Crippen molar-refractivity contribution in [3.8, 4) is 0 Å². The topological polar surface area (TPSA) is 77.3 Å². The number of aromatic nitrogens is 3. The lowest BCUT2D eigenvalue weighted by Crippen LogP contribution is -2.30. The molecule has 166 valence electrons. The average Bonchev–Trinajstić information content (AvgIpc) is 3.36. The number of ether oxygens (including phenoxy) is 1. The molecule has 31 heavy (non-hydrogen) atoms. The number of sulfonamides is 1. The molecule has 4 rings (SSSR count). The van der Waals surface area contributed by atoms with Gasteiger partial charge in [0.15, 0.2) is 0 Å². The zero-order chi connectivity index (χ0) is 22.3. The maximum atomic E-state index is 13.7. The number of hydrogen-bond donors (Lipinski definition) is 0. The molecule has 1 aliphatic heterocycles.